The topological polar surface area (TPSA) is 97.5 Å². The van der Waals surface area contributed by atoms with Crippen molar-refractivity contribution >= 4 is 21.6 Å². The van der Waals surface area contributed by atoms with Crippen LogP contribution in [0.2, 0.25) is 0 Å². The SMILES string of the molecule is C=C(C(N)=O)c1ccccc1S(=O)(=O)O. The highest BCUT2D eigenvalue weighted by atomic mass is 32.2. The summed E-state index contributed by atoms with van der Waals surface area (Å²) in [5.41, 5.74) is 4.81. The van der Waals surface area contributed by atoms with E-state index in [1.807, 2.05) is 0 Å². The van der Waals surface area contributed by atoms with Crippen LogP contribution >= 0.6 is 0 Å². The number of amides is 1. The van der Waals surface area contributed by atoms with Gasteiger partial charge in [0.25, 0.3) is 10.1 Å². The highest BCUT2D eigenvalue weighted by Gasteiger charge is 2.18. The molecule has 15 heavy (non-hydrogen) atoms. The van der Waals surface area contributed by atoms with E-state index < -0.39 is 16.0 Å². The van der Waals surface area contributed by atoms with Crippen LogP contribution in [0.5, 0.6) is 0 Å². The first kappa shape index (κ1) is 11.4. The van der Waals surface area contributed by atoms with Gasteiger partial charge in [-0.05, 0) is 6.07 Å². The van der Waals surface area contributed by atoms with Crippen molar-refractivity contribution in [3.05, 3.63) is 36.4 Å². The van der Waals surface area contributed by atoms with Gasteiger partial charge >= 0.3 is 0 Å². The van der Waals surface area contributed by atoms with E-state index in [4.69, 9.17) is 10.3 Å². The van der Waals surface area contributed by atoms with Crippen molar-refractivity contribution in [1.29, 1.82) is 0 Å². The van der Waals surface area contributed by atoms with Crippen molar-refractivity contribution in [2.45, 2.75) is 4.90 Å². The van der Waals surface area contributed by atoms with Crippen molar-refractivity contribution in [2.24, 2.45) is 5.73 Å². The molecule has 0 aromatic heterocycles. The minimum absolute atomic E-state index is 0.00694. The quantitative estimate of drug-likeness (QED) is 0.578. The summed E-state index contributed by atoms with van der Waals surface area (Å²) in [5, 5.41) is 0. The fraction of sp³-hybridized carbons (Fsp3) is 0. The van der Waals surface area contributed by atoms with Gasteiger partial charge in [-0.15, -0.1) is 0 Å². The molecule has 6 heteroatoms. The first-order chi connectivity index (χ1) is 6.84. The normalized spacial score (nSPS) is 11.0. The van der Waals surface area contributed by atoms with Crippen molar-refractivity contribution < 1.29 is 17.8 Å². The number of nitrogens with two attached hydrogens (primary N) is 1. The predicted molar refractivity (Wildman–Crippen MR) is 54.5 cm³/mol. The number of hydrogen-bond acceptors (Lipinski definition) is 3. The number of carbonyl (C=O) groups excluding carboxylic acids is 1. The lowest BCUT2D eigenvalue weighted by molar-refractivity contribution is -0.112. The van der Waals surface area contributed by atoms with Gasteiger partial charge in [-0.25, -0.2) is 0 Å². The maximum atomic E-state index is 10.9. The molecule has 80 valence electrons. The lowest BCUT2D eigenvalue weighted by Gasteiger charge is -2.06. The Balaban J connectivity index is 3.44. The lowest BCUT2D eigenvalue weighted by atomic mass is 10.1. The van der Waals surface area contributed by atoms with E-state index in [1.54, 1.807) is 0 Å². The fourth-order valence-electron chi connectivity index (χ4n) is 1.07. The van der Waals surface area contributed by atoms with Crippen molar-refractivity contribution in [1.82, 2.24) is 0 Å². The Bertz CT molecular complexity index is 519. The van der Waals surface area contributed by atoms with Gasteiger partial charge < -0.3 is 5.73 Å². The fourth-order valence-corrected chi connectivity index (χ4v) is 1.79. The molecule has 1 amide bonds. The zero-order valence-corrected chi connectivity index (χ0v) is 8.49. The minimum Gasteiger partial charge on any atom is -0.366 e. The van der Waals surface area contributed by atoms with Crippen molar-refractivity contribution in [3.63, 3.8) is 0 Å². The summed E-state index contributed by atoms with van der Waals surface area (Å²) >= 11 is 0. The van der Waals surface area contributed by atoms with Crippen molar-refractivity contribution in [3.8, 4) is 0 Å². The molecular formula is C9H9NO4S. The third-order valence-corrected chi connectivity index (χ3v) is 2.70. The van der Waals surface area contributed by atoms with E-state index in [1.165, 1.54) is 24.3 Å². The van der Waals surface area contributed by atoms with Crippen LogP contribution in [-0.2, 0) is 14.9 Å². The third kappa shape index (κ3) is 2.42. The maximum absolute atomic E-state index is 10.9. The molecule has 1 aromatic rings. The van der Waals surface area contributed by atoms with Crippen LogP contribution < -0.4 is 5.73 Å². The van der Waals surface area contributed by atoms with Gasteiger partial charge in [0.05, 0.1) is 0 Å². The molecule has 0 aliphatic rings. The average molecular weight is 227 g/mol. The van der Waals surface area contributed by atoms with E-state index in [2.05, 4.69) is 6.58 Å². The van der Waals surface area contributed by atoms with Crippen LogP contribution in [0, 0.1) is 0 Å². The van der Waals surface area contributed by atoms with Gasteiger partial charge in [0, 0.05) is 11.1 Å². The summed E-state index contributed by atoms with van der Waals surface area (Å²) < 4.78 is 30.8. The summed E-state index contributed by atoms with van der Waals surface area (Å²) in [6.07, 6.45) is 0. The number of benzene rings is 1. The van der Waals surface area contributed by atoms with Crippen LogP contribution in [0.25, 0.3) is 5.57 Å². The maximum Gasteiger partial charge on any atom is 0.295 e. The van der Waals surface area contributed by atoms with Gasteiger partial charge in [-0.2, -0.15) is 8.42 Å². The molecule has 5 nitrogen and oxygen atoms in total. The Kier molecular flexibility index (Phi) is 2.92. The van der Waals surface area contributed by atoms with Crippen LogP contribution in [0.3, 0.4) is 0 Å². The molecule has 0 saturated carbocycles. The van der Waals surface area contributed by atoms with Gasteiger partial charge in [0.1, 0.15) is 4.90 Å². The molecule has 0 fully saturated rings. The largest absolute Gasteiger partial charge is 0.366 e. The summed E-state index contributed by atoms with van der Waals surface area (Å²) in [6, 6.07) is 5.44. The van der Waals surface area contributed by atoms with Gasteiger partial charge in [-0.3, -0.25) is 9.35 Å². The van der Waals surface area contributed by atoms with Crippen LogP contribution in [0.4, 0.5) is 0 Å². The Morgan fingerprint density at radius 3 is 2.33 bits per heavy atom. The molecule has 0 spiro atoms. The summed E-state index contributed by atoms with van der Waals surface area (Å²) in [5.74, 6) is -0.842. The Labute approximate surface area is 87.0 Å². The van der Waals surface area contributed by atoms with Gasteiger partial charge in [0.2, 0.25) is 5.91 Å². The summed E-state index contributed by atoms with van der Waals surface area (Å²) in [7, 11) is -4.38. The Hall–Kier alpha value is -1.66. The molecule has 0 aliphatic heterocycles. The molecular weight excluding hydrogens is 218 g/mol. The second-order valence-corrected chi connectivity index (χ2v) is 4.20. The first-order valence-electron chi connectivity index (χ1n) is 3.89. The second kappa shape index (κ2) is 3.84. The minimum atomic E-state index is -4.38. The number of primary amides is 1. The summed E-state index contributed by atoms with van der Waals surface area (Å²) in [6.45, 7) is 3.35. The van der Waals surface area contributed by atoms with E-state index in [-0.39, 0.29) is 16.0 Å². The Morgan fingerprint density at radius 2 is 1.87 bits per heavy atom. The molecule has 0 bridgehead atoms. The van der Waals surface area contributed by atoms with Crippen LogP contribution in [0.1, 0.15) is 5.56 Å². The highest BCUT2D eigenvalue weighted by molar-refractivity contribution is 7.86. The van der Waals surface area contributed by atoms with E-state index in [9.17, 15) is 13.2 Å². The second-order valence-electron chi connectivity index (χ2n) is 2.81. The molecule has 0 saturated heterocycles. The van der Waals surface area contributed by atoms with Gasteiger partial charge in [0.15, 0.2) is 0 Å². The zero-order valence-electron chi connectivity index (χ0n) is 7.67. The lowest BCUT2D eigenvalue weighted by Crippen LogP contribution is -2.14. The standard InChI is InChI=1S/C9H9NO4S/c1-6(9(10)11)7-4-2-3-5-8(7)15(12,13)14/h2-5H,1H2,(H2,10,11)(H,12,13,14). The van der Waals surface area contributed by atoms with Crippen LogP contribution in [0.15, 0.2) is 35.7 Å². The smallest absolute Gasteiger partial charge is 0.295 e. The molecule has 1 aromatic carbocycles. The molecule has 0 unspecified atom stereocenters. The summed E-state index contributed by atoms with van der Waals surface area (Å²) in [4.78, 5) is 10.4. The molecule has 0 atom stereocenters. The van der Waals surface area contributed by atoms with E-state index in [0.717, 1.165) is 0 Å². The van der Waals surface area contributed by atoms with E-state index in [0.29, 0.717) is 0 Å². The molecule has 0 radical (unpaired) electrons. The number of carbonyl (C=O) groups is 1. The average Bonchev–Trinajstić information content (AvgIpc) is 2.15. The molecule has 0 heterocycles. The molecule has 0 aliphatic carbocycles. The number of hydrogen-bond donors (Lipinski definition) is 2. The third-order valence-electron chi connectivity index (χ3n) is 1.79. The van der Waals surface area contributed by atoms with Gasteiger partial charge in [-0.1, -0.05) is 24.8 Å². The highest BCUT2D eigenvalue weighted by Crippen LogP contribution is 2.21. The monoisotopic (exact) mass is 227 g/mol. The number of rotatable bonds is 3. The Morgan fingerprint density at radius 1 is 1.33 bits per heavy atom. The first-order valence-corrected chi connectivity index (χ1v) is 5.33. The molecule has 3 N–H and O–H groups in total. The molecule has 1 rings (SSSR count). The predicted octanol–water partition coefficient (Wildman–Crippen LogP) is 0.432. The van der Waals surface area contributed by atoms with Crippen molar-refractivity contribution in [2.75, 3.05) is 0 Å². The van der Waals surface area contributed by atoms with Crippen LogP contribution in [-0.4, -0.2) is 18.9 Å². The van der Waals surface area contributed by atoms with E-state index >= 15 is 0 Å². The zero-order chi connectivity index (χ0) is 11.6.